The van der Waals surface area contributed by atoms with Gasteiger partial charge in [-0.15, -0.1) is 11.3 Å². The third-order valence-corrected chi connectivity index (χ3v) is 4.15. The van der Waals surface area contributed by atoms with E-state index < -0.39 is 0 Å². The van der Waals surface area contributed by atoms with Crippen LogP contribution in [0.4, 0.5) is 0 Å². The SMILES string of the molecule is COc1ccccc1Cc1csc2ccccc12. The number of ether oxygens (including phenoxy) is 1. The molecule has 3 aromatic rings. The lowest BCUT2D eigenvalue weighted by atomic mass is 10.0. The van der Waals surface area contributed by atoms with Crippen LogP contribution in [0.25, 0.3) is 10.1 Å². The molecule has 0 aliphatic carbocycles. The fraction of sp³-hybridized carbons (Fsp3) is 0.125. The zero-order valence-corrected chi connectivity index (χ0v) is 11.0. The first kappa shape index (κ1) is 11.3. The Labute approximate surface area is 111 Å². The molecule has 1 aromatic heterocycles. The molecule has 0 fully saturated rings. The highest BCUT2D eigenvalue weighted by atomic mass is 32.1. The van der Waals surface area contributed by atoms with Crippen LogP contribution in [0.2, 0.25) is 0 Å². The summed E-state index contributed by atoms with van der Waals surface area (Å²) in [7, 11) is 1.73. The van der Waals surface area contributed by atoms with Gasteiger partial charge in [-0.25, -0.2) is 0 Å². The van der Waals surface area contributed by atoms with Crippen molar-refractivity contribution in [1.29, 1.82) is 0 Å². The number of thiophene rings is 1. The minimum Gasteiger partial charge on any atom is -0.496 e. The number of methoxy groups -OCH3 is 1. The predicted octanol–water partition coefficient (Wildman–Crippen LogP) is 4.50. The Bertz CT molecular complexity index is 669. The van der Waals surface area contributed by atoms with Crippen molar-refractivity contribution in [2.24, 2.45) is 0 Å². The Morgan fingerprint density at radius 1 is 0.944 bits per heavy atom. The maximum atomic E-state index is 5.41. The van der Waals surface area contributed by atoms with Gasteiger partial charge in [-0.05, 0) is 34.0 Å². The summed E-state index contributed by atoms with van der Waals surface area (Å²) in [5, 5.41) is 3.60. The van der Waals surface area contributed by atoms with Crippen LogP contribution in [0.15, 0.2) is 53.9 Å². The van der Waals surface area contributed by atoms with Crippen molar-refractivity contribution in [1.82, 2.24) is 0 Å². The summed E-state index contributed by atoms with van der Waals surface area (Å²) < 4.78 is 6.76. The monoisotopic (exact) mass is 254 g/mol. The molecular weight excluding hydrogens is 240 g/mol. The highest BCUT2D eigenvalue weighted by Gasteiger charge is 2.07. The highest BCUT2D eigenvalue weighted by Crippen LogP contribution is 2.29. The van der Waals surface area contributed by atoms with Crippen LogP contribution in [-0.2, 0) is 6.42 Å². The van der Waals surface area contributed by atoms with Crippen molar-refractivity contribution >= 4 is 21.4 Å². The smallest absolute Gasteiger partial charge is 0.122 e. The van der Waals surface area contributed by atoms with Crippen molar-refractivity contribution in [2.45, 2.75) is 6.42 Å². The fourth-order valence-corrected chi connectivity index (χ4v) is 3.19. The van der Waals surface area contributed by atoms with Crippen LogP contribution in [0.5, 0.6) is 5.75 Å². The third-order valence-electron chi connectivity index (χ3n) is 3.13. The van der Waals surface area contributed by atoms with Gasteiger partial charge in [-0.3, -0.25) is 0 Å². The second-order valence-electron chi connectivity index (χ2n) is 4.25. The minimum atomic E-state index is 0.925. The molecule has 0 bridgehead atoms. The summed E-state index contributed by atoms with van der Waals surface area (Å²) >= 11 is 1.81. The van der Waals surface area contributed by atoms with E-state index in [0.29, 0.717) is 0 Å². The number of hydrogen-bond acceptors (Lipinski definition) is 2. The Morgan fingerprint density at radius 3 is 2.61 bits per heavy atom. The second kappa shape index (κ2) is 4.83. The van der Waals surface area contributed by atoms with E-state index >= 15 is 0 Å². The minimum absolute atomic E-state index is 0.925. The van der Waals surface area contributed by atoms with Crippen LogP contribution in [0, 0.1) is 0 Å². The maximum absolute atomic E-state index is 5.41. The molecule has 1 nitrogen and oxygen atoms in total. The van der Waals surface area contributed by atoms with Crippen molar-refractivity contribution in [3.05, 3.63) is 65.0 Å². The van der Waals surface area contributed by atoms with Crippen LogP contribution in [-0.4, -0.2) is 7.11 Å². The quantitative estimate of drug-likeness (QED) is 0.668. The molecule has 1 heterocycles. The van der Waals surface area contributed by atoms with Gasteiger partial charge < -0.3 is 4.74 Å². The molecule has 0 unspecified atom stereocenters. The summed E-state index contributed by atoms with van der Waals surface area (Å²) in [4.78, 5) is 0. The molecule has 0 saturated heterocycles. The molecular formula is C16H14OS. The number of fused-ring (bicyclic) bond motifs is 1. The molecule has 0 radical (unpaired) electrons. The first-order valence-electron chi connectivity index (χ1n) is 5.95. The van der Waals surface area contributed by atoms with Gasteiger partial charge in [-0.2, -0.15) is 0 Å². The molecule has 0 aliphatic rings. The maximum Gasteiger partial charge on any atom is 0.122 e. The van der Waals surface area contributed by atoms with Gasteiger partial charge in [0.05, 0.1) is 7.11 Å². The largest absolute Gasteiger partial charge is 0.496 e. The zero-order valence-electron chi connectivity index (χ0n) is 10.2. The van der Waals surface area contributed by atoms with E-state index in [0.717, 1.165) is 12.2 Å². The first-order valence-corrected chi connectivity index (χ1v) is 6.83. The number of rotatable bonds is 3. The van der Waals surface area contributed by atoms with Crippen LogP contribution in [0.1, 0.15) is 11.1 Å². The first-order chi connectivity index (χ1) is 8.88. The van der Waals surface area contributed by atoms with Gasteiger partial charge in [-0.1, -0.05) is 36.4 Å². The van der Waals surface area contributed by atoms with Crippen LogP contribution < -0.4 is 4.74 Å². The van der Waals surface area contributed by atoms with E-state index in [1.807, 2.05) is 12.1 Å². The number of benzene rings is 2. The second-order valence-corrected chi connectivity index (χ2v) is 5.16. The molecule has 0 atom stereocenters. The van der Waals surface area contributed by atoms with Gasteiger partial charge in [0.25, 0.3) is 0 Å². The highest BCUT2D eigenvalue weighted by molar-refractivity contribution is 7.17. The van der Waals surface area contributed by atoms with Crippen molar-refractivity contribution in [2.75, 3.05) is 7.11 Å². The summed E-state index contributed by atoms with van der Waals surface area (Å²) in [5.41, 5.74) is 2.61. The Morgan fingerprint density at radius 2 is 1.72 bits per heavy atom. The van der Waals surface area contributed by atoms with Gasteiger partial charge in [0.2, 0.25) is 0 Å². The Balaban J connectivity index is 2.01. The molecule has 90 valence electrons. The molecule has 18 heavy (non-hydrogen) atoms. The van der Waals surface area contributed by atoms with E-state index in [4.69, 9.17) is 4.74 Å². The summed E-state index contributed by atoms with van der Waals surface area (Å²) in [6.45, 7) is 0. The zero-order chi connectivity index (χ0) is 12.4. The number of hydrogen-bond donors (Lipinski definition) is 0. The van der Waals surface area contributed by atoms with Crippen LogP contribution >= 0.6 is 11.3 Å². The van der Waals surface area contributed by atoms with Gasteiger partial charge >= 0.3 is 0 Å². The molecule has 0 N–H and O–H groups in total. The predicted molar refractivity (Wildman–Crippen MR) is 77.6 cm³/mol. The van der Waals surface area contributed by atoms with Crippen LogP contribution in [0.3, 0.4) is 0 Å². The summed E-state index contributed by atoms with van der Waals surface area (Å²) in [5.74, 6) is 0.966. The van der Waals surface area contributed by atoms with E-state index in [1.54, 1.807) is 18.4 Å². The van der Waals surface area contributed by atoms with E-state index in [1.165, 1.54) is 21.2 Å². The number of para-hydroxylation sites is 1. The van der Waals surface area contributed by atoms with Crippen molar-refractivity contribution in [3.63, 3.8) is 0 Å². The average Bonchev–Trinajstić information content (AvgIpc) is 2.83. The normalized spacial score (nSPS) is 10.7. The molecule has 0 spiro atoms. The summed E-state index contributed by atoms with van der Waals surface area (Å²) in [6.07, 6.45) is 0.925. The van der Waals surface area contributed by atoms with E-state index in [-0.39, 0.29) is 0 Å². The van der Waals surface area contributed by atoms with Gasteiger partial charge in [0, 0.05) is 11.1 Å². The van der Waals surface area contributed by atoms with Crippen molar-refractivity contribution in [3.8, 4) is 5.75 Å². The molecule has 0 aliphatic heterocycles. The average molecular weight is 254 g/mol. The molecule has 0 saturated carbocycles. The molecule has 3 rings (SSSR count). The van der Waals surface area contributed by atoms with Gasteiger partial charge in [0.1, 0.15) is 5.75 Å². The fourth-order valence-electron chi connectivity index (χ4n) is 2.22. The standard InChI is InChI=1S/C16H14OS/c1-17-15-8-4-2-6-12(15)10-13-11-18-16-9-5-3-7-14(13)16/h2-9,11H,10H2,1H3. The van der Waals surface area contributed by atoms with Gasteiger partial charge in [0.15, 0.2) is 0 Å². The summed E-state index contributed by atoms with van der Waals surface area (Å²) in [6, 6.07) is 16.8. The molecule has 0 amide bonds. The lowest BCUT2D eigenvalue weighted by Crippen LogP contribution is -1.92. The molecule has 2 aromatic carbocycles. The topological polar surface area (TPSA) is 9.23 Å². The van der Waals surface area contributed by atoms with E-state index in [2.05, 4.69) is 41.8 Å². The third kappa shape index (κ3) is 2.00. The van der Waals surface area contributed by atoms with Crippen molar-refractivity contribution < 1.29 is 4.74 Å². The Kier molecular flexibility index (Phi) is 3.03. The lowest BCUT2D eigenvalue weighted by Gasteiger charge is -2.07. The lowest BCUT2D eigenvalue weighted by molar-refractivity contribution is 0.410. The Hall–Kier alpha value is -1.80. The molecule has 2 heteroatoms. The van der Waals surface area contributed by atoms with E-state index in [9.17, 15) is 0 Å².